The van der Waals surface area contributed by atoms with Crippen molar-refractivity contribution >= 4 is 17.5 Å². The molecule has 1 N–H and O–H groups in total. The smallest absolute Gasteiger partial charge is 0.259 e. The van der Waals surface area contributed by atoms with Crippen LogP contribution in [0.25, 0.3) is 0 Å². The standard InChI is InChI=1S/C25H24N2O4/c1-26-24(28)22-20-6-4-5-7-21(20)25(29)27(17-10-14-19(31-3)15-11-17)23(22)16-8-12-18(30-2)13-9-16/h4-15,22-23H,1-3H3,(H,26,28)/t22-,23+/m0/s1. The maximum atomic E-state index is 13.7. The van der Waals surface area contributed by atoms with Crippen LogP contribution in [0.5, 0.6) is 11.5 Å². The lowest BCUT2D eigenvalue weighted by atomic mass is 9.79. The molecule has 2 amide bonds. The van der Waals surface area contributed by atoms with E-state index in [9.17, 15) is 9.59 Å². The fourth-order valence-electron chi connectivity index (χ4n) is 4.14. The van der Waals surface area contributed by atoms with Crippen LogP contribution in [0.3, 0.4) is 0 Å². The zero-order valence-corrected chi connectivity index (χ0v) is 17.7. The molecule has 31 heavy (non-hydrogen) atoms. The molecular formula is C25H24N2O4. The number of anilines is 1. The summed E-state index contributed by atoms with van der Waals surface area (Å²) in [4.78, 5) is 28.5. The van der Waals surface area contributed by atoms with Crippen molar-refractivity contribution in [1.29, 1.82) is 0 Å². The Morgan fingerprint density at radius 2 is 1.45 bits per heavy atom. The van der Waals surface area contributed by atoms with E-state index in [2.05, 4.69) is 5.32 Å². The Morgan fingerprint density at radius 1 is 0.871 bits per heavy atom. The van der Waals surface area contributed by atoms with Gasteiger partial charge in [0.1, 0.15) is 11.5 Å². The number of hydrogen-bond acceptors (Lipinski definition) is 4. The van der Waals surface area contributed by atoms with Gasteiger partial charge >= 0.3 is 0 Å². The van der Waals surface area contributed by atoms with Gasteiger partial charge in [-0.15, -0.1) is 0 Å². The number of ether oxygens (including phenoxy) is 2. The van der Waals surface area contributed by atoms with Crippen molar-refractivity contribution in [1.82, 2.24) is 5.32 Å². The van der Waals surface area contributed by atoms with E-state index in [0.717, 1.165) is 11.1 Å². The zero-order chi connectivity index (χ0) is 22.0. The van der Waals surface area contributed by atoms with Crippen LogP contribution < -0.4 is 19.7 Å². The van der Waals surface area contributed by atoms with E-state index in [1.807, 2.05) is 66.7 Å². The maximum absolute atomic E-state index is 13.7. The number of benzene rings is 3. The third-order valence-corrected chi connectivity index (χ3v) is 5.68. The van der Waals surface area contributed by atoms with Crippen molar-refractivity contribution in [3.63, 3.8) is 0 Å². The molecule has 1 aliphatic rings. The minimum absolute atomic E-state index is 0.151. The number of amides is 2. The van der Waals surface area contributed by atoms with Gasteiger partial charge in [-0.1, -0.05) is 30.3 Å². The second-order valence-electron chi connectivity index (χ2n) is 7.27. The van der Waals surface area contributed by atoms with Gasteiger partial charge in [0.2, 0.25) is 5.91 Å². The summed E-state index contributed by atoms with van der Waals surface area (Å²) in [7, 11) is 4.82. The second kappa shape index (κ2) is 8.52. The van der Waals surface area contributed by atoms with Gasteiger partial charge in [0, 0.05) is 18.3 Å². The third-order valence-electron chi connectivity index (χ3n) is 5.68. The molecule has 4 rings (SSSR count). The van der Waals surface area contributed by atoms with E-state index < -0.39 is 12.0 Å². The van der Waals surface area contributed by atoms with Crippen LogP contribution in [-0.4, -0.2) is 33.1 Å². The van der Waals surface area contributed by atoms with Crippen LogP contribution in [0.15, 0.2) is 72.8 Å². The Bertz CT molecular complexity index is 1090. The summed E-state index contributed by atoms with van der Waals surface area (Å²) < 4.78 is 10.6. The van der Waals surface area contributed by atoms with Crippen molar-refractivity contribution in [2.24, 2.45) is 0 Å². The summed E-state index contributed by atoms with van der Waals surface area (Å²) in [5, 5.41) is 2.78. The van der Waals surface area contributed by atoms with Crippen molar-refractivity contribution in [3.8, 4) is 11.5 Å². The van der Waals surface area contributed by atoms with Crippen LogP contribution in [0.4, 0.5) is 5.69 Å². The highest BCUT2D eigenvalue weighted by Gasteiger charge is 2.44. The van der Waals surface area contributed by atoms with Crippen LogP contribution in [0, 0.1) is 0 Å². The highest BCUT2D eigenvalue weighted by Crippen LogP contribution is 2.45. The molecule has 6 heteroatoms. The molecule has 1 aliphatic heterocycles. The van der Waals surface area contributed by atoms with Crippen LogP contribution >= 0.6 is 0 Å². The number of nitrogens with zero attached hydrogens (tertiary/aromatic N) is 1. The molecule has 0 fully saturated rings. The number of rotatable bonds is 5. The Hall–Kier alpha value is -3.80. The maximum Gasteiger partial charge on any atom is 0.259 e. The van der Waals surface area contributed by atoms with E-state index in [4.69, 9.17) is 9.47 Å². The third kappa shape index (κ3) is 3.61. The minimum atomic E-state index is -0.575. The van der Waals surface area contributed by atoms with E-state index in [0.29, 0.717) is 22.7 Å². The Morgan fingerprint density at radius 3 is 2.03 bits per heavy atom. The average Bonchev–Trinajstić information content (AvgIpc) is 2.83. The van der Waals surface area contributed by atoms with Gasteiger partial charge in [-0.3, -0.25) is 14.5 Å². The van der Waals surface area contributed by atoms with Crippen molar-refractivity contribution < 1.29 is 19.1 Å². The van der Waals surface area contributed by atoms with E-state index >= 15 is 0 Å². The molecule has 0 saturated heterocycles. The number of hydrogen-bond donors (Lipinski definition) is 1. The normalized spacial score (nSPS) is 17.6. The molecule has 0 aromatic heterocycles. The first-order chi connectivity index (χ1) is 15.1. The minimum Gasteiger partial charge on any atom is -0.497 e. The first kappa shape index (κ1) is 20.5. The highest BCUT2D eigenvalue weighted by atomic mass is 16.5. The average molecular weight is 416 g/mol. The molecular weight excluding hydrogens is 392 g/mol. The lowest BCUT2D eigenvalue weighted by Gasteiger charge is -2.41. The molecule has 0 unspecified atom stereocenters. The summed E-state index contributed by atoms with van der Waals surface area (Å²) in [5.41, 5.74) is 2.78. The number of carbonyl (C=O) groups is 2. The van der Waals surface area contributed by atoms with E-state index in [-0.39, 0.29) is 11.8 Å². The molecule has 0 aliphatic carbocycles. The fraction of sp³-hybridized carbons (Fsp3) is 0.200. The van der Waals surface area contributed by atoms with Crippen LogP contribution in [0.1, 0.15) is 33.4 Å². The molecule has 1 heterocycles. The van der Waals surface area contributed by atoms with Crippen LogP contribution in [0.2, 0.25) is 0 Å². The number of nitrogens with one attached hydrogen (secondary N) is 1. The van der Waals surface area contributed by atoms with Gasteiger partial charge in [0.05, 0.1) is 26.2 Å². The quantitative estimate of drug-likeness (QED) is 0.684. The zero-order valence-electron chi connectivity index (χ0n) is 17.7. The topological polar surface area (TPSA) is 67.9 Å². The number of carbonyl (C=O) groups excluding carboxylic acids is 2. The first-order valence-electron chi connectivity index (χ1n) is 10.0. The summed E-state index contributed by atoms with van der Waals surface area (Å²) in [5.74, 6) is 0.520. The number of methoxy groups -OCH3 is 2. The molecule has 6 nitrogen and oxygen atoms in total. The predicted molar refractivity (Wildman–Crippen MR) is 119 cm³/mol. The molecule has 2 atom stereocenters. The van der Waals surface area contributed by atoms with Crippen molar-refractivity contribution in [2.75, 3.05) is 26.2 Å². The fourth-order valence-corrected chi connectivity index (χ4v) is 4.14. The monoisotopic (exact) mass is 416 g/mol. The summed E-state index contributed by atoms with van der Waals surface area (Å²) in [6.45, 7) is 0. The van der Waals surface area contributed by atoms with Gasteiger partial charge in [-0.25, -0.2) is 0 Å². The molecule has 158 valence electrons. The van der Waals surface area contributed by atoms with Gasteiger partial charge in [0.25, 0.3) is 5.91 Å². The molecule has 0 saturated carbocycles. The van der Waals surface area contributed by atoms with E-state index in [1.165, 1.54) is 0 Å². The van der Waals surface area contributed by atoms with Gasteiger partial charge in [-0.2, -0.15) is 0 Å². The number of fused-ring (bicyclic) bond motifs is 1. The SMILES string of the molecule is CNC(=O)[C@H]1c2ccccc2C(=O)N(c2ccc(OC)cc2)[C@@H]1c1ccc(OC)cc1. The lowest BCUT2D eigenvalue weighted by Crippen LogP contribution is -2.47. The van der Waals surface area contributed by atoms with E-state index in [1.54, 1.807) is 32.2 Å². The Balaban J connectivity index is 1.94. The number of likely N-dealkylation sites (N-methyl/N-ethyl adjacent to an activating group) is 1. The Kier molecular flexibility index (Phi) is 5.62. The van der Waals surface area contributed by atoms with Gasteiger partial charge < -0.3 is 14.8 Å². The lowest BCUT2D eigenvalue weighted by molar-refractivity contribution is -0.122. The van der Waals surface area contributed by atoms with Gasteiger partial charge in [-0.05, 0) is 53.6 Å². The molecule has 3 aromatic rings. The summed E-state index contributed by atoms with van der Waals surface area (Å²) in [6.07, 6.45) is 0. The first-order valence-corrected chi connectivity index (χ1v) is 10.0. The molecule has 0 spiro atoms. The highest BCUT2D eigenvalue weighted by molar-refractivity contribution is 6.11. The van der Waals surface area contributed by atoms with Gasteiger partial charge in [0.15, 0.2) is 0 Å². The molecule has 0 radical (unpaired) electrons. The summed E-state index contributed by atoms with van der Waals surface area (Å²) in [6, 6.07) is 21.5. The Labute approximate surface area is 181 Å². The second-order valence-corrected chi connectivity index (χ2v) is 7.27. The van der Waals surface area contributed by atoms with Crippen LogP contribution in [-0.2, 0) is 4.79 Å². The largest absolute Gasteiger partial charge is 0.497 e. The molecule has 0 bridgehead atoms. The molecule has 3 aromatic carbocycles. The predicted octanol–water partition coefficient (Wildman–Crippen LogP) is 3.94. The van der Waals surface area contributed by atoms with Crippen molar-refractivity contribution in [3.05, 3.63) is 89.5 Å². The summed E-state index contributed by atoms with van der Waals surface area (Å²) >= 11 is 0. The van der Waals surface area contributed by atoms with Crippen molar-refractivity contribution in [2.45, 2.75) is 12.0 Å².